The van der Waals surface area contributed by atoms with E-state index in [0.29, 0.717) is 6.42 Å². The molecule has 1 saturated heterocycles. The quantitative estimate of drug-likeness (QED) is 0.896. The molecule has 1 fully saturated rings. The average molecular weight is 266 g/mol. The molecule has 0 unspecified atom stereocenters. The van der Waals surface area contributed by atoms with Crippen molar-refractivity contribution in [2.75, 3.05) is 13.1 Å². The maximum atomic E-state index is 12.0. The van der Waals surface area contributed by atoms with Crippen LogP contribution >= 0.6 is 11.3 Å². The summed E-state index contributed by atoms with van der Waals surface area (Å²) in [5.41, 5.74) is 0. The highest BCUT2D eigenvalue weighted by Gasteiger charge is 2.24. The Morgan fingerprint density at radius 1 is 1.44 bits per heavy atom. The van der Waals surface area contributed by atoms with Crippen LogP contribution in [0.3, 0.4) is 0 Å². The van der Waals surface area contributed by atoms with Gasteiger partial charge in [-0.05, 0) is 31.2 Å². The lowest BCUT2D eigenvalue weighted by atomic mass is 10.2. The predicted molar refractivity (Wildman–Crippen MR) is 71.4 cm³/mol. The zero-order valence-corrected chi connectivity index (χ0v) is 11.3. The van der Waals surface area contributed by atoms with E-state index in [2.05, 4.69) is 5.32 Å². The number of carbonyl (C=O) groups is 2. The molecule has 0 spiro atoms. The van der Waals surface area contributed by atoms with Gasteiger partial charge >= 0.3 is 0 Å². The first-order valence-corrected chi connectivity index (χ1v) is 7.15. The van der Waals surface area contributed by atoms with E-state index in [1.165, 1.54) is 0 Å². The Balaban J connectivity index is 1.81. The molecule has 0 aliphatic carbocycles. The van der Waals surface area contributed by atoms with E-state index in [-0.39, 0.29) is 11.8 Å². The van der Waals surface area contributed by atoms with Gasteiger partial charge in [0.05, 0.1) is 6.42 Å². The van der Waals surface area contributed by atoms with E-state index in [0.717, 1.165) is 30.8 Å². The molecule has 2 amide bonds. The van der Waals surface area contributed by atoms with E-state index < -0.39 is 6.04 Å². The molecule has 1 N–H and O–H groups in total. The minimum atomic E-state index is -0.421. The van der Waals surface area contributed by atoms with E-state index in [1.54, 1.807) is 18.3 Å². The number of hydrogen-bond donors (Lipinski definition) is 1. The second-order valence-corrected chi connectivity index (χ2v) is 5.61. The van der Waals surface area contributed by atoms with Gasteiger partial charge in [-0.1, -0.05) is 6.07 Å². The molecule has 2 heterocycles. The Labute approximate surface area is 111 Å². The van der Waals surface area contributed by atoms with E-state index >= 15 is 0 Å². The second-order valence-electron chi connectivity index (χ2n) is 4.58. The standard InChI is InChI=1S/C13H18N2O2S/c1-10(13(17)15-6-2-3-7-15)14-12(16)9-11-5-4-8-18-11/h4-5,8,10H,2-3,6-7,9H2,1H3,(H,14,16)/t10-/m0/s1. The third-order valence-electron chi connectivity index (χ3n) is 3.08. The molecule has 1 aliphatic heterocycles. The number of nitrogens with zero attached hydrogens (tertiary/aromatic N) is 1. The number of likely N-dealkylation sites (tertiary alicyclic amines) is 1. The zero-order chi connectivity index (χ0) is 13.0. The van der Waals surface area contributed by atoms with Crippen LogP contribution in [0.4, 0.5) is 0 Å². The number of amides is 2. The number of hydrogen-bond acceptors (Lipinski definition) is 3. The summed E-state index contributed by atoms with van der Waals surface area (Å²) in [5, 5.41) is 4.72. The summed E-state index contributed by atoms with van der Waals surface area (Å²) in [4.78, 5) is 26.6. The summed E-state index contributed by atoms with van der Waals surface area (Å²) in [6, 6.07) is 3.43. The number of nitrogens with one attached hydrogen (secondary N) is 1. The van der Waals surface area contributed by atoms with Gasteiger partial charge in [0.25, 0.3) is 0 Å². The van der Waals surface area contributed by atoms with Gasteiger partial charge in [-0.2, -0.15) is 0 Å². The Hall–Kier alpha value is -1.36. The summed E-state index contributed by atoms with van der Waals surface area (Å²) in [7, 11) is 0. The third-order valence-corrected chi connectivity index (χ3v) is 3.96. The van der Waals surface area contributed by atoms with Crippen molar-refractivity contribution < 1.29 is 9.59 Å². The van der Waals surface area contributed by atoms with Crippen molar-refractivity contribution in [2.45, 2.75) is 32.2 Å². The molecular weight excluding hydrogens is 248 g/mol. The van der Waals surface area contributed by atoms with Gasteiger partial charge in [-0.3, -0.25) is 9.59 Å². The van der Waals surface area contributed by atoms with Crippen molar-refractivity contribution in [3.63, 3.8) is 0 Å². The van der Waals surface area contributed by atoms with Crippen LogP contribution in [-0.4, -0.2) is 35.8 Å². The lowest BCUT2D eigenvalue weighted by molar-refractivity contribution is -0.134. The summed E-state index contributed by atoms with van der Waals surface area (Å²) in [6.45, 7) is 3.40. The first-order chi connectivity index (χ1) is 8.66. The molecule has 0 radical (unpaired) electrons. The first kappa shape index (κ1) is 13.1. The monoisotopic (exact) mass is 266 g/mol. The topological polar surface area (TPSA) is 49.4 Å². The van der Waals surface area contributed by atoms with Crippen LogP contribution in [0.5, 0.6) is 0 Å². The van der Waals surface area contributed by atoms with Crippen molar-refractivity contribution in [2.24, 2.45) is 0 Å². The van der Waals surface area contributed by atoms with Crippen LogP contribution < -0.4 is 5.32 Å². The van der Waals surface area contributed by atoms with Gasteiger partial charge in [-0.15, -0.1) is 11.3 Å². The average Bonchev–Trinajstić information content (AvgIpc) is 2.99. The number of rotatable bonds is 4. The minimum absolute atomic E-state index is 0.0343. The fourth-order valence-corrected chi connectivity index (χ4v) is 2.84. The molecule has 98 valence electrons. The molecule has 5 heteroatoms. The minimum Gasteiger partial charge on any atom is -0.344 e. The SMILES string of the molecule is C[C@H](NC(=O)Cc1cccs1)C(=O)N1CCCC1. The van der Waals surface area contributed by atoms with Crippen molar-refractivity contribution in [1.82, 2.24) is 10.2 Å². The van der Waals surface area contributed by atoms with E-state index in [1.807, 2.05) is 22.4 Å². The van der Waals surface area contributed by atoms with Crippen LogP contribution in [0.25, 0.3) is 0 Å². The van der Waals surface area contributed by atoms with Crippen LogP contribution in [0.2, 0.25) is 0 Å². The van der Waals surface area contributed by atoms with Crippen LogP contribution in [0.15, 0.2) is 17.5 Å². The van der Waals surface area contributed by atoms with Crippen LogP contribution in [0.1, 0.15) is 24.6 Å². The fraction of sp³-hybridized carbons (Fsp3) is 0.538. The van der Waals surface area contributed by atoms with Crippen molar-refractivity contribution in [3.8, 4) is 0 Å². The lowest BCUT2D eigenvalue weighted by Crippen LogP contribution is -2.46. The molecule has 0 bridgehead atoms. The highest BCUT2D eigenvalue weighted by Crippen LogP contribution is 2.10. The van der Waals surface area contributed by atoms with E-state index in [9.17, 15) is 9.59 Å². The Kier molecular flexibility index (Phi) is 4.36. The van der Waals surface area contributed by atoms with Gasteiger partial charge in [0, 0.05) is 18.0 Å². The van der Waals surface area contributed by atoms with Crippen molar-refractivity contribution in [3.05, 3.63) is 22.4 Å². The third kappa shape index (κ3) is 3.32. The van der Waals surface area contributed by atoms with Crippen molar-refractivity contribution in [1.29, 1.82) is 0 Å². The van der Waals surface area contributed by atoms with Gasteiger partial charge in [0.15, 0.2) is 0 Å². The summed E-state index contributed by atoms with van der Waals surface area (Å²) in [6.07, 6.45) is 2.50. The smallest absolute Gasteiger partial charge is 0.244 e. The Morgan fingerprint density at radius 2 is 2.17 bits per heavy atom. The zero-order valence-electron chi connectivity index (χ0n) is 10.5. The molecule has 4 nitrogen and oxygen atoms in total. The summed E-state index contributed by atoms with van der Waals surface area (Å²) >= 11 is 1.56. The molecule has 1 aromatic rings. The molecule has 1 aliphatic rings. The fourth-order valence-electron chi connectivity index (χ4n) is 2.14. The predicted octanol–water partition coefficient (Wildman–Crippen LogP) is 1.42. The molecule has 2 rings (SSSR count). The van der Waals surface area contributed by atoms with Gasteiger partial charge in [-0.25, -0.2) is 0 Å². The van der Waals surface area contributed by atoms with Crippen LogP contribution in [0, 0.1) is 0 Å². The molecule has 1 aromatic heterocycles. The summed E-state index contributed by atoms with van der Waals surface area (Å²) < 4.78 is 0. The van der Waals surface area contributed by atoms with Crippen molar-refractivity contribution >= 4 is 23.2 Å². The number of carbonyl (C=O) groups excluding carboxylic acids is 2. The molecular formula is C13H18N2O2S. The second kappa shape index (κ2) is 6.00. The largest absolute Gasteiger partial charge is 0.344 e. The van der Waals surface area contributed by atoms with Crippen LogP contribution in [-0.2, 0) is 16.0 Å². The molecule has 0 aromatic carbocycles. The molecule has 18 heavy (non-hydrogen) atoms. The highest BCUT2D eigenvalue weighted by molar-refractivity contribution is 7.10. The maximum Gasteiger partial charge on any atom is 0.244 e. The highest BCUT2D eigenvalue weighted by atomic mass is 32.1. The first-order valence-electron chi connectivity index (χ1n) is 6.27. The molecule has 0 saturated carbocycles. The summed E-state index contributed by atoms with van der Waals surface area (Å²) in [5.74, 6) is -0.0514. The van der Waals surface area contributed by atoms with Gasteiger partial charge in [0.1, 0.15) is 6.04 Å². The maximum absolute atomic E-state index is 12.0. The Morgan fingerprint density at radius 3 is 2.78 bits per heavy atom. The lowest BCUT2D eigenvalue weighted by Gasteiger charge is -2.21. The molecule has 1 atom stereocenters. The normalized spacial score (nSPS) is 16.6. The Bertz CT molecular complexity index is 411. The van der Waals surface area contributed by atoms with Gasteiger partial charge < -0.3 is 10.2 Å². The van der Waals surface area contributed by atoms with Gasteiger partial charge in [0.2, 0.25) is 11.8 Å². The van der Waals surface area contributed by atoms with E-state index in [4.69, 9.17) is 0 Å². The number of thiophene rings is 1.